The maximum Gasteiger partial charge on any atom is 0.246 e. The predicted octanol–water partition coefficient (Wildman–Crippen LogP) is -2.72. The first-order valence-electron chi connectivity index (χ1n) is 17.8. The van der Waals surface area contributed by atoms with Gasteiger partial charge in [0, 0.05) is 42.5 Å². The van der Waals surface area contributed by atoms with E-state index in [1.165, 1.54) is 34.6 Å². The van der Waals surface area contributed by atoms with E-state index in [0.29, 0.717) is 21.5 Å². The van der Waals surface area contributed by atoms with Crippen LogP contribution in [0, 0.1) is 0 Å². The van der Waals surface area contributed by atoms with Gasteiger partial charge in [-0.1, -0.05) is 18.2 Å². The van der Waals surface area contributed by atoms with Crippen LogP contribution in [-0.4, -0.2) is 139 Å². The Morgan fingerprint density at radius 3 is 2.13 bits per heavy atom. The lowest BCUT2D eigenvalue weighted by molar-refractivity contribution is -0.142. The molecule has 294 valence electrons. The third-order valence-corrected chi connectivity index (χ3v) is 10.7. The monoisotopic (exact) mass is 772 g/mol. The minimum absolute atomic E-state index is 0.143. The van der Waals surface area contributed by atoms with E-state index in [1.54, 1.807) is 24.3 Å². The molecule has 1 fully saturated rings. The number of aromatic nitrogens is 1. The number of fused-ring (bicyclic) bond motifs is 5. The number of para-hydroxylation sites is 1. The average molecular weight is 773 g/mol. The number of aliphatic hydroxyl groups is 3. The molecule has 1 aromatic carbocycles. The summed E-state index contributed by atoms with van der Waals surface area (Å²) in [5, 5.41) is 48.5. The minimum atomic E-state index is -1.61. The zero-order chi connectivity index (χ0) is 39.6. The third-order valence-electron chi connectivity index (χ3n) is 9.59. The van der Waals surface area contributed by atoms with Gasteiger partial charge < -0.3 is 57.1 Å². The van der Waals surface area contributed by atoms with Gasteiger partial charge in [0.15, 0.2) is 0 Å². The van der Waals surface area contributed by atoms with Crippen molar-refractivity contribution in [3.05, 3.63) is 29.8 Å². The molecular weight excluding hydrogens is 724 g/mol. The largest absolute Gasteiger partial charge is 0.391 e. The Bertz CT molecular complexity index is 1810. The summed E-state index contributed by atoms with van der Waals surface area (Å²) in [6.07, 6.45) is -3.20. The van der Waals surface area contributed by atoms with E-state index in [1.807, 2.05) is 0 Å². The summed E-state index contributed by atoms with van der Waals surface area (Å²) in [7, 11) is 0. The Kier molecular flexibility index (Phi) is 12.2. The van der Waals surface area contributed by atoms with E-state index in [9.17, 15) is 48.9 Å². The number of amides is 7. The van der Waals surface area contributed by atoms with Gasteiger partial charge in [-0.15, -0.1) is 11.8 Å². The molecule has 3 aliphatic rings. The number of carbonyl (C=O) groups excluding carboxylic acids is 7. The molecule has 0 aliphatic carbocycles. The van der Waals surface area contributed by atoms with E-state index in [2.05, 4.69) is 36.9 Å². The average Bonchev–Trinajstić information content (AvgIpc) is 3.65. The molecule has 5 rings (SSSR count). The zero-order valence-corrected chi connectivity index (χ0v) is 31.4. The first-order chi connectivity index (χ1) is 25.3. The zero-order valence-electron chi connectivity index (χ0n) is 30.6. The SMILES string of the molecule is C[C@@H]1NC(=O)[C@H]2C[C@@H](O)CN2C(=O)[C@H]2CSc3[nH]c4ccccc4c3C[C@H](NC1=O)C(=O)N[C@@H](CC(C)(C)O)C(=O)N[C@H](C)C(=O)N[C@H]([C@@H](C)O)C(=O)N2. The Labute approximate surface area is 315 Å². The molecule has 54 heavy (non-hydrogen) atoms. The van der Waals surface area contributed by atoms with Crippen LogP contribution in [0.3, 0.4) is 0 Å². The molecule has 0 unspecified atom stereocenters. The van der Waals surface area contributed by atoms with Crippen LogP contribution in [0.15, 0.2) is 29.3 Å². The van der Waals surface area contributed by atoms with E-state index >= 15 is 0 Å². The maximum atomic E-state index is 14.3. The second-order valence-electron chi connectivity index (χ2n) is 14.8. The molecule has 1 saturated heterocycles. The summed E-state index contributed by atoms with van der Waals surface area (Å²) >= 11 is 1.11. The van der Waals surface area contributed by atoms with E-state index in [-0.39, 0.29) is 31.6 Å². The number of rotatable bonds is 3. The number of hydrogen-bond acceptors (Lipinski definition) is 11. The highest BCUT2D eigenvalue weighted by molar-refractivity contribution is 7.99. The first kappa shape index (κ1) is 40.5. The fraction of sp³-hybridized carbons (Fsp3) is 0.571. The summed E-state index contributed by atoms with van der Waals surface area (Å²) in [6, 6.07) is -2.39. The van der Waals surface area contributed by atoms with Crippen LogP contribution in [0.2, 0.25) is 0 Å². The molecule has 2 aromatic rings. The van der Waals surface area contributed by atoms with Gasteiger partial charge in [-0.3, -0.25) is 33.6 Å². The van der Waals surface area contributed by atoms with Gasteiger partial charge in [-0.2, -0.15) is 0 Å². The number of nitrogens with one attached hydrogen (secondary N) is 7. The number of hydrogen-bond donors (Lipinski definition) is 10. The molecular formula is C35H48N8O10S. The molecule has 2 bridgehead atoms. The van der Waals surface area contributed by atoms with Crippen molar-refractivity contribution in [2.24, 2.45) is 0 Å². The molecule has 7 amide bonds. The van der Waals surface area contributed by atoms with Crippen molar-refractivity contribution in [3.63, 3.8) is 0 Å². The summed E-state index contributed by atoms with van der Waals surface area (Å²) in [4.78, 5) is 101. The first-order valence-corrected chi connectivity index (χ1v) is 18.7. The van der Waals surface area contributed by atoms with E-state index in [4.69, 9.17) is 0 Å². The van der Waals surface area contributed by atoms with Crippen LogP contribution in [0.5, 0.6) is 0 Å². The highest BCUT2D eigenvalue weighted by Gasteiger charge is 2.44. The van der Waals surface area contributed by atoms with Crippen molar-refractivity contribution >= 4 is 64.0 Å². The Hall–Kier alpha value is -4.72. The molecule has 9 atom stereocenters. The Morgan fingerprint density at radius 1 is 0.833 bits per heavy atom. The topological polar surface area (TPSA) is 271 Å². The Balaban J connectivity index is 1.69. The summed E-state index contributed by atoms with van der Waals surface area (Å²) in [5.74, 6) is -5.91. The van der Waals surface area contributed by atoms with Crippen molar-refractivity contribution < 1.29 is 48.9 Å². The van der Waals surface area contributed by atoms with Crippen molar-refractivity contribution in [1.29, 1.82) is 0 Å². The van der Waals surface area contributed by atoms with Crippen molar-refractivity contribution in [3.8, 4) is 0 Å². The molecule has 1 aromatic heterocycles. The molecule has 4 heterocycles. The summed E-state index contributed by atoms with van der Waals surface area (Å²) in [6.45, 7) is 6.55. The number of H-pyrrole nitrogens is 1. The number of aliphatic hydroxyl groups excluding tert-OH is 2. The van der Waals surface area contributed by atoms with Gasteiger partial charge in [0.1, 0.15) is 42.3 Å². The van der Waals surface area contributed by atoms with Gasteiger partial charge in [-0.25, -0.2) is 0 Å². The normalized spacial score (nSPS) is 30.2. The van der Waals surface area contributed by atoms with E-state index in [0.717, 1.165) is 16.7 Å². The molecule has 19 heteroatoms. The summed E-state index contributed by atoms with van der Waals surface area (Å²) < 4.78 is 0. The van der Waals surface area contributed by atoms with E-state index < -0.39 is 101 Å². The van der Waals surface area contributed by atoms with Gasteiger partial charge in [0.05, 0.1) is 22.8 Å². The number of aromatic amines is 1. The van der Waals surface area contributed by atoms with Crippen LogP contribution in [0.1, 0.15) is 53.0 Å². The Morgan fingerprint density at radius 2 is 1.46 bits per heavy atom. The van der Waals surface area contributed by atoms with Crippen LogP contribution in [0.4, 0.5) is 0 Å². The van der Waals surface area contributed by atoms with Crippen LogP contribution < -0.4 is 31.9 Å². The van der Waals surface area contributed by atoms with Gasteiger partial charge in [0.2, 0.25) is 41.4 Å². The minimum Gasteiger partial charge on any atom is -0.391 e. The van der Waals surface area contributed by atoms with Crippen molar-refractivity contribution in [1.82, 2.24) is 41.8 Å². The summed E-state index contributed by atoms with van der Waals surface area (Å²) in [5.41, 5.74) is -0.275. The molecule has 3 aliphatic heterocycles. The number of benzene rings is 1. The van der Waals surface area contributed by atoms with Crippen LogP contribution >= 0.6 is 11.8 Å². The molecule has 0 radical (unpaired) electrons. The van der Waals surface area contributed by atoms with Crippen molar-refractivity contribution in [2.75, 3.05) is 12.3 Å². The lowest BCUT2D eigenvalue weighted by Crippen LogP contribution is -2.61. The van der Waals surface area contributed by atoms with Gasteiger partial charge in [0.25, 0.3) is 0 Å². The molecule has 10 N–H and O–H groups in total. The van der Waals surface area contributed by atoms with Crippen LogP contribution in [0.25, 0.3) is 10.9 Å². The molecule has 0 saturated carbocycles. The second kappa shape index (κ2) is 16.3. The molecule has 0 spiro atoms. The lowest BCUT2D eigenvalue weighted by atomic mass is 9.97. The van der Waals surface area contributed by atoms with Gasteiger partial charge >= 0.3 is 0 Å². The fourth-order valence-corrected chi connectivity index (χ4v) is 7.85. The number of carbonyl (C=O) groups is 7. The van der Waals surface area contributed by atoms with Gasteiger partial charge in [-0.05, 0) is 46.2 Å². The highest BCUT2D eigenvalue weighted by atomic mass is 32.2. The highest BCUT2D eigenvalue weighted by Crippen LogP contribution is 2.32. The maximum absolute atomic E-state index is 14.3. The third kappa shape index (κ3) is 9.31. The number of thioether (sulfide) groups is 1. The quantitative estimate of drug-likeness (QED) is 0.153. The smallest absolute Gasteiger partial charge is 0.246 e. The van der Waals surface area contributed by atoms with Crippen molar-refractivity contribution in [2.45, 2.75) is 119 Å². The standard InChI is InChI=1S/C35H48N8O10S/c1-15-27(46)38-22-11-20-19-8-6-7-9-21(19)41-33(20)54-14-24(34(52)43-13-18(45)10-25(43)31(50)37-15)40-32(51)26(17(3)44)42-28(47)16(2)36-30(49)23(39-29(22)48)12-35(4,5)53/h6-9,15-18,22-26,41,44-45,53H,10-14H2,1-5H3,(H,36,49)(H,37,50)(H,38,46)(H,39,48)(H,40,51)(H,42,47)/t15-,16+,17+,18+,22-,23-,24+,25+,26+/m0/s1. The lowest BCUT2D eigenvalue weighted by Gasteiger charge is -2.30. The van der Waals surface area contributed by atoms with Crippen LogP contribution in [-0.2, 0) is 40.0 Å². The second-order valence-corrected chi connectivity index (χ2v) is 15.8. The number of nitrogens with zero attached hydrogens (tertiary/aromatic N) is 1. The fourth-order valence-electron chi connectivity index (χ4n) is 6.74. The predicted molar refractivity (Wildman–Crippen MR) is 194 cm³/mol. The molecule has 18 nitrogen and oxygen atoms in total.